The van der Waals surface area contributed by atoms with E-state index in [0.29, 0.717) is 17.1 Å². The van der Waals surface area contributed by atoms with Crippen molar-refractivity contribution in [1.82, 2.24) is 0 Å². The summed E-state index contributed by atoms with van der Waals surface area (Å²) in [6.45, 7) is 10.3. The summed E-state index contributed by atoms with van der Waals surface area (Å²) in [7, 11) is -1.04. The second kappa shape index (κ2) is 3.14. The van der Waals surface area contributed by atoms with Gasteiger partial charge in [0.25, 0.3) is 0 Å². The van der Waals surface area contributed by atoms with Crippen LogP contribution in [0.5, 0.6) is 0 Å². The third kappa shape index (κ3) is 1.26. The van der Waals surface area contributed by atoms with Crippen LogP contribution in [0.2, 0.25) is 25.2 Å². The summed E-state index contributed by atoms with van der Waals surface area (Å²) in [5.74, 6) is 0. The van der Waals surface area contributed by atoms with E-state index in [1.54, 1.807) is 0 Å². The topological polar surface area (TPSA) is 12.5 Å². The van der Waals surface area contributed by atoms with Crippen LogP contribution in [0.3, 0.4) is 0 Å². The van der Waals surface area contributed by atoms with Crippen LogP contribution in [0, 0.1) is 5.41 Å². The highest BCUT2D eigenvalue weighted by molar-refractivity contribution is 6.77. The summed E-state index contributed by atoms with van der Waals surface area (Å²) in [5.41, 5.74) is 1.85. The van der Waals surface area contributed by atoms with Crippen LogP contribution in [-0.2, 0) is 4.74 Å². The molecule has 0 N–H and O–H groups in total. The Kier molecular flexibility index (Phi) is 2.21. The average Bonchev–Trinajstić information content (AvgIpc) is 2.86. The van der Waals surface area contributed by atoms with Crippen molar-refractivity contribution in [3.8, 4) is 0 Å². The van der Waals surface area contributed by atoms with Gasteiger partial charge in [0.2, 0.25) is 0 Å². The van der Waals surface area contributed by atoms with E-state index in [9.17, 15) is 0 Å². The van der Waals surface area contributed by atoms with Crippen molar-refractivity contribution in [2.24, 2.45) is 5.41 Å². The average molecular weight is 238 g/mol. The minimum atomic E-state index is -1.04. The van der Waals surface area contributed by atoms with Crippen LogP contribution < -0.4 is 0 Å². The predicted molar refractivity (Wildman–Crippen MR) is 70.5 cm³/mol. The van der Waals surface area contributed by atoms with Crippen molar-refractivity contribution < 1.29 is 4.74 Å². The minimum absolute atomic E-state index is 0.342. The molecule has 3 aliphatic rings. The molecule has 3 fully saturated rings. The van der Waals surface area contributed by atoms with Gasteiger partial charge in [0.1, 0.15) is 5.60 Å². The lowest BCUT2D eigenvalue weighted by Crippen LogP contribution is -2.53. The smallest absolute Gasteiger partial charge is 0.100 e. The summed E-state index contributed by atoms with van der Waals surface area (Å²) in [6, 6.07) is 0. The van der Waals surface area contributed by atoms with Crippen LogP contribution in [0.25, 0.3) is 0 Å². The highest BCUT2D eigenvalue weighted by Gasteiger charge is 2.71. The van der Waals surface area contributed by atoms with Gasteiger partial charge in [0.15, 0.2) is 0 Å². The van der Waals surface area contributed by atoms with Gasteiger partial charge in [-0.2, -0.15) is 0 Å². The molecule has 0 unspecified atom stereocenters. The molecule has 16 heavy (non-hydrogen) atoms. The molecule has 0 amide bonds. The maximum Gasteiger partial charge on any atom is 0.100 e. The molecule has 2 heteroatoms. The Morgan fingerprint density at radius 3 is 2.44 bits per heavy atom. The second-order valence-electron chi connectivity index (χ2n) is 7.62. The van der Waals surface area contributed by atoms with E-state index >= 15 is 0 Å². The first-order valence-electron chi connectivity index (χ1n) is 7.08. The Morgan fingerprint density at radius 2 is 1.75 bits per heavy atom. The molecule has 0 bridgehead atoms. The lowest BCUT2D eigenvalue weighted by atomic mass is 9.60. The van der Waals surface area contributed by atoms with Crippen LogP contribution in [0.15, 0.2) is 0 Å². The summed E-state index contributed by atoms with van der Waals surface area (Å²) in [5, 5.41) is 0. The van der Waals surface area contributed by atoms with Crippen molar-refractivity contribution in [2.45, 2.75) is 82.3 Å². The Labute approximate surface area is 101 Å². The quantitative estimate of drug-likeness (QED) is 0.492. The second-order valence-corrected chi connectivity index (χ2v) is 13.0. The Morgan fingerprint density at radius 1 is 1.06 bits per heavy atom. The van der Waals surface area contributed by atoms with Crippen LogP contribution in [0.1, 0.15) is 45.4 Å². The molecule has 92 valence electrons. The molecule has 0 radical (unpaired) electrons. The summed E-state index contributed by atoms with van der Waals surface area (Å²) in [6.07, 6.45) is 9.07. The zero-order valence-electron chi connectivity index (χ0n) is 11.3. The Balaban J connectivity index is 1.97. The molecule has 0 aromatic heterocycles. The fraction of sp³-hybridized carbons (Fsp3) is 1.00. The van der Waals surface area contributed by atoms with E-state index in [-0.39, 0.29) is 0 Å². The van der Waals surface area contributed by atoms with E-state index in [4.69, 9.17) is 4.74 Å². The fourth-order valence-electron chi connectivity index (χ4n) is 5.13. The molecular weight excluding hydrogens is 212 g/mol. The first-order valence-corrected chi connectivity index (χ1v) is 10.7. The van der Waals surface area contributed by atoms with Crippen molar-refractivity contribution in [1.29, 1.82) is 0 Å². The fourth-order valence-corrected chi connectivity index (χ4v) is 8.50. The standard InChI is InChI=1S/C14H26OSi/c1-13-9-5-7-11-14(13,15-11)10-6-8-12(13)16(2,3)4/h11-12H,5-10H2,1-4H3/t11-,12+,13+,14-/m1/s1. The predicted octanol–water partition coefficient (Wildman–Crippen LogP) is 4.21. The molecule has 4 atom stereocenters. The highest BCUT2D eigenvalue weighted by Crippen LogP contribution is 2.69. The third-order valence-corrected chi connectivity index (χ3v) is 8.82. The van der Waals surface area contributed by atoms with Gasteiger partial charge < -0.3 is 4.74 Å². The third-order valence-electron chi connectivity index (χ3n) is 5.80. The molecule has 1 saturated heterocycles. The van der Waals surface area contributed by atoms with Crippen LogP contribution in [0.4, 0.5) is 0 Å². The Hall–Kier alpha value is 0.177. The monoisotopic (exact) mass is 238 g/mol. The summed E-state index contributed by atoms with van der Waals surface area (Å²) >= 11 is 0. The minimum Gasteiger partial charge on any atom is -0.365 e. The van der Waals surface area contributed by atoms with Gasteiger partial charge in [-0.1, -0.05) is 45.8 Å². The van der Waals surface area contributed by atoms with Crippen molar-refractivity contribution in [3.05, 3.63) is 0 Å². The summed E-state index contributed by atoms with van der Waals surface area (Å²) in [4.78, 5) is 0. The molecule has 1 heterocycles. The number of hydrogen-bond donors (Lipinski definition) is 0. The maximum atomic E-state index is 6.22. The van der Waals surface area contributed by atoms with Gasteiger partial charge in [0, 0.05) is 8.07 Å². The molecule has 1 aliphatic heterocycles. The number of ether oxygens (including phenoxy) is 1. The lowest BCUT2D eigenvalue weighted by Gasteiger charge is -2.53. The van der Waals surface area contributed by atoms with E-state index in [1.807, 2.05) is 0 Å². The Bertz CT molecular complexity index is 308. The first-order chi connectivity index (χ1) is 7.40. The van der Waals surface area contributed by atoms with Crippen LogP contribution in [-0.4, -0.2) is 19.8 Å². The molecule has 2 aliphatic carbocycles. The van der Waals surface area contributed by atoms with Crippen LogP contribution >= 0.6 is 0 Å². The first kappa shape index (κ1) is 11.3. The van der Waals surface area contributed by atoms with Gasteiger partial charge >= 0.3 is 0 Å². The molecule has 1 nitrogen and oxygen atoms in total. The van der Waals surface area contributed by atoms with Gasteiger partial charge in [0.05, 0.1) is 6.10 Å². The number of rotatable bonds is 1. The SMILES string of the molecule is C[C@@]12CCC[C@H]3O[C@]31CCC[C@@H]2[Si](C)(C)C. The largest absolute Gasteiger partial charge is 0.365 e. The van der Waals surface area contributed by atoms with E-state index < -0.39 is 8.07 Å². The molecule has 1 spiro atoms. The van der Waals surface area contributed by atoms with E-state index in [0.717, 1.165) is 5.54 Å². The van der Waals surface area contributed by atoms with Crippen molar-refractivity contribution in [2.75, 3.05) is 0 Å². The van der Waals surface area contributed by atoms with Crippen molar-refractivity contribution >= 4 is 8.07 Å². The van der Waals surface area contributed by atoms with E-state index in [1.165, 1.54) is 38.5 Å². The molecule has 3 rings (SSSR count). The van der Waals surface area contributed by atoms with Gasteiger partial charge in [-0.05, 0) is 30.2 Å². The number of epoxide rings is 1. The number of hydrogen-bond acceptors (Lipinski definition) is 1. The highest BCUT2D eigenvalue weighted by atomic mass is 28.3. The maximum absolute atomic E-state index is 6.22. The van der Waals surface area contributed by atoms with Gasteiger partial charge in [-0.15, -0.1) is 0 Å². The lowest BCUT2D eigenvalue weighted by molar-refractivity contribution is 0.0529. The molecule has 0 aromatic carbocycles. The summed E-state index contributed by atoms with van der Waals surface area (Å²) < 4.78 is 6.22. The molecule has 2 saturated carbocycles. The normalized spacial score (nSPS) is 51.8. The zero-order valence-corrected chi connectivity index (χ0v) is 12.3. The zero-order chi connectivity index (χ0) is 11.6. The van der Waals surface area contributed by atoms with Crippen molar-refractivity contribution in [3.63, 3.8) is 0 Å². The molecular formula is C14H26OSi. The van der Waals surface area contributed by atoms with Gasteiger partial charge in [-0.25, -0.2) is 0 Å². The molecule has 0 aromatic rings. The van der Waals surface area contributed by atoms with Gasteiger partial charge in [-0.3, -0.25) is 0 Å². The van der Waals surface area contributed by atoms with E-state index in [2.05, 4.69) is 26.6 Å².